The summed E-state index contributed by atoms with van der Waals surface area (Å²) in [5, 5.41) is 7.30. The molecular formula is C14H13F4N3O2S. The first-order chi connectivity index (χ1) is 11.3. The van der Waals surface area contributed by atoms with Crippen LogP contribution in [0.5, 0.6) is 5.19 Å². The van der Waals surface area contributed by atoms with Gasteiger partial charge in [0, 0.05) is 12.1 Å². The first kappa shape index (κ1) is 18.1. The molecule has 2 rings (SSSR count). The molecule has 2 aromatic rings. The number of aromatic nitrogens is 2. The Labute approximate surface area is 138 Å². The van der Waals surface area contributed by atoms with E-state index in [0.29, 0.717) is 13.0 Å². The fourth-order valence-electron chi connectivity index (χ4n) is 1.72. The van der Waals surface area contributed by atoms with E-state index in [2.05, 4.69) is 15.5 Å². The molecule has 130 valence electrons. The van der Waals surface area contributed by atoms with Crippen molar-refractivity contribution in [2.24, 2.45) is 0 Å². The van der Waals surface area contributed by atoms with Crippen molar-refractivity contribution in [1.82, 2.24) is 15.5 Å². The predicted molar refractivity (Wildman–Crippen MR) is 78.0 cm³/mol. The molecule has 0 bridgehead atoms. The average molecular weight is 363 g/mol. The molecule has 0 radical (unpaired) electrons. The van der Waals surface area contributed by atoms with Gasteiger partial charge in [0.25, 0.3) is 11.1 Å². The van der Waals surface area contributed by atoms with E-state index in [1.165, 1.54) is 12.1 Å². The smallest absolute Gasteiger partial charge is 0.445 e. The van der Waals surface area contributed by atoms with Gasteiger partial charge in [0.05, 0.1) is 0 Å². The number of nitrogens with zero attached hydrogens (tertiary/aromatic N) is 2. The maximum atomic E-state index is 13.0. The SMILES string of the molecule is CCCNC(=O)C(Oc1nnc(C(F)(F)F)s1)c1ccc(F)cc1. The zero-order valence-corrected chi connectivity index (χ0v) is 13.2. The first-order valence-electron chi connectivity index (χ1n) is 6.91. The number of carbonyl (C=O) groups excluding carboxylic acids is 1. The maximum Gasteiger partial charge on any atom is 0.445 e. The number of hydrogen-bond donors (Lipinski definition) is 1. The van der Waals surface area contributed by atoms with Crippen molar-refractivity contribution in [1.29, 1.82) is 0 Å². The third-order valence-corrected chi connectivity index (χ3v) is 3.69. The Morgan fingerprint density at radius 1 is 1.29 bits per heavy atom. The third-order valence-electron chi connectivity index (χ3n) is 2.83. The minimum atomic E-state index is -4.64. The quantitative estimate of drug-likeness (QED) is 0.800. The highest BCUT2D eigenvalue weighted by molar-refractivity contribution is 7.13. The van der Waals surface area contributed by atoms with Gasteiger partial charge in [0.1, 0.15) is 5.82 Å². The number of ether oxygens (including phenoxy) is 1. The molecule has 1 atom stereocenters. The maximum absolute atomic E-state index is 13.0. The summed E-state index contributed by atoms with van der Waals surface area (Å²) in [6.07, 6.45) is -5.24. The number of alkyl halides is 3. The molecule has 1 amide bonds. The molecule has 1 unspecified atom stereocenters. The molecule has 0 fully saturated rings. The van der Waals surface area contributed by atoms with Crippen LogP contribution in [0.4, 0.5) is 17.6 Å². The molecule has 0 spiro atoms. The predicted octanol–water partition coefficient (Wildman–Crippen LogP) is 3.34. The fourth-order valence-corrected chi connectivity index (χ4v) is 2.31. The molecule has 0 saturated carbocycles. The fraction of sp³-hybridized carbons (Fsp3) is 0.357. The lowest BCUT2D eigenvalue weighted by molar-refractivity contribution is -0.138. The molecule has 1 N–H and O–H groups in total. The Bertz CT molecular complexity index is 688. The third kappa shape index (κ3) is 4.63. The van der Waals surface area contributed by atoms with E-state index in [1.54, 1.807) is 0 Å². The van der Waals surface area contributed by atoms with E-state index >= 15 is 0 Å². The Kier molecular flexibility index (Phi) is 5.71. The minimum absolute atomic E-state index is 0.184. The second kappa shape index (κ2) is 7.56. The standard InChI is InChI=1S/C14H13F4N3O2S/c1-2-7-19-11(22)10(8-3-5-9(15)6-4-8)23-13-21-20-12(24-13)14(16,17)18/h3-6,10H,2,7H2,1H3,(H,19,22). The highest BCUT2D eigenvalue weighted by Gasteiger charge is 2.36. The molecule has 0 aliphatic carbocycles. The Hall–Kier alpha value is -2.23. The molecule has 0 saturated heterocycles. The molecule has 1 heterocycles. The summed E-state index contributed by atoms with van der Waals surface area (Å²) < 4.78 is 56.0. The number of rotatable bonds is 6. The summed E-state index contributed by atoms with van der Waals surface area (Å²) in [4.78, 5) is 12.2. The summed E-state index contributed by atoms with van der Waals surface area (Å²) in [6, 6.07) is 4.88. The number of amides is 1. The lowest BCUT2D eigenvalue weighted by Crippen LogP contribution is -2.32. The summed E-state index contributed by atoms with van der Waals surface area (Å²) in [5.41, 5.74) is 0.286. The van der Waals surface area contributed by atoms with Crippen molar-refractivity contribution >= 4 is 17.2 Å². The van der Waals surface area contributed by atoms with Crippen LogP contribution in [0.1, 0.15) is 30.0 Å². The summed E-state index contributed by atoms with van der Waals surface area (Å²) in [5.74, 6) is -1.08. The summed E-state index contributed by atoms with van der Waals surface area (Å²) >= 11 is 0.184. The van der Waals surface area contributed by atoms with Crippen LogP contribution >= 0.6 is 11.3 Å². The van der Waals surface area contributed by atoms with Crippen LogP contribution < -0.4 is 10.1 Å². The van der Waals surface area contributed by atoms with E-state index < -0.39 is 34.2 Å². The zero-order valence-electron chi connectivity index (χ0n) is 12.4. The van der Waals surface area contributed by atoms with Crippen molar-refractivity contribution in [2.75, 3.05) is 6.54 Å². The van der Waals surface area contributed by atoms with Crippen molar-refractivity contribution in [3.05, 3.63) is 40.7 Å². The van der Waals surface area contributed by atoms with Gasteiger partial charge in [0.2, 0.25) is 11.1 Å². The second-order valence-corrected chi connectivity index (χ2v) is 5.65. The van der Waals surface area contributed by atoms with E-state index in [0.717, 1.165) is 12.1 Å². The van der Waals surface area contributed by atoms with E-state index in [-0.39, 0.29) is 16.9 Å². The Balaban J connectivity index is 2.23. The molecule has 0 aliphatic heterocycles. The van der Waals surface area contributed by atoms with Crippen LogP contribution in [-0.2, 0) is 11.0 Å². The van der Waals surface area contributed by atoms with Crippen LogP contribution in [0.2, 0.25) is 0 Å². The molecule has 1 aromatic carbocycles. The van der Waals surface area contributed by atoms with E-state index in [9.17, 15) is 22.4 Å². The van der Waals surface area contributed by atoms with Gasteiger partial charge in [-0.3, -0.25) is 4.79 Å². The van der Waals surface area contributed by atoms with Gasteiger partial charge >= 0.3 is 6.18 Å². The summed E-state index contributed by atoms with van der Waals surface area (Å²) in [7, 11) is 0. The van der Waals surface area contributed by atoms with E-state index in [1.807, 2.05) is 6.92 Å². The van der Waals surface area contributed by atoms with Gasteiger partial charge in [-0.05, 0) is 18.6 Å². The second-order valence-electron chi connectivity index (χ2n) is 4.71. The summed E-state index contributed by atoms with van der Waals surface area (Å²) in [6.45, 7) is 2.21. The molecule has 5 nitrogen and oxygen atoms in total. The van der Waals surface area contributed by atoms with Gasteiger partial charge in [0.15, 0.2) is 0 Å². The topological polar surface area (TPSA) is 64.1 Å². The monoisotopic (exact) mass is 363 g/mol. The lowest BCUT2D eigenvalue weighted by Gasteiger charge is -2.17. The van der Waals surface area contributed by atoms with Crippen molar-refractivity contribution in [3.8, 4) is 5.19 Å². The average Bonchev–Trinajstić information content (AvgIpc) is 3.00. The van der Waals surface area contributed by atoms with Crippen molar-refractivity contribution < 1.29 is 27.1 Å². The van der Waals surface area contributed by atoms with Crippen LogP contribution in [0, 0.1) is 5.82 Å². The number of halogens is 4. The number of hydrogen-bond acceptors (Lipinski definition) is 5. The van der Waals surface area contributed by atoms with Gasteiger partial charge in [-0.1, -0.05) is 35.5 Å². The number of nitrogens with one attached hydrogen (secondary N) is 1. The van der Waals surface area contributed by atoms with Crippen LogP contribution in [-0.4, -0.2) is 22.6 Å². The highest BCUT2D eigenvalue weighted by atomic mass is 32.1. The number of carbonyl (C=O) groups is 1. The largest absolute Gasteiger partial charge is 0.451 e. The highest BCUT2D eigenvalue weighted by Crippen LogP contribution is 2.35. The minimum Gasteiger partial charge on any atom is -0.451 e. The molecule has 0 aliphatic rings. The number of benzene rings is 1. The normalized spacial score (nSPS) is 12.7. The molecule has 10 heteroatoms. The Morgan fingerprint density at radius 2 is 1.96 bits per heavy atom. The van der Waals surface area contributed by atoms with Crippen LogP contribution in [0.3, 0.4) is 0 Å². The molecule has 1 aromatic heterocycles. The van der Waals surface area contributed by atoms with Crippen molar-refractivity contribution in [2.45, 2.75) is 25.6 Å². The lowest BCUT2D eigenvalue weighted by atomic mass is 10.1. The van der Waals surface area contributed by atoms with Gasteiger partial charge in [-0.2, -0.15) is 13.2 Å². The van der Waals surface area contributed by atoms with Crippen molar-refractivity contribution in [3.63, 3.8) is 0 Å². The van der Waals surface area contributed by atoms with Crippen LogP contribution in [0.25, 0.3) is 0 Å². The van der Waals surface area contributed by atoms with Gasteiger partial charge in [-0.15, -0.1) is 5.10 Å². The van der Waals surface area contributed by atoms with Gasteiger partial charge < -0.3 is 10.1 Å². The zero-order chi connectivity index (χ0) is 17.7. The van der Waals surface area contributed by atoms with Gasteiger partial charge in [-0.25, -0.2) is 4.39 Å². The Morgan fingerprint density at radius 3 is 2.50 bits per heavy atom. The molecular weight excluding hydrogens is 350 g/mol. The van der Waals surface area contributed by atoms with E-state index in [4.69, 9.17) is 4.74 Å². The first-order valence-corrected chi connectivity index (χ1v) is 7.73. The van der Waals surface area contributed by atoms with Crippen LogP contribution in [0.15, 0.2) is 24.3 Å². The molecule has 24 heavy (non-hydrogen) atoms.